The molecule has 1 heterocycles. The monoisotopic (exact) mass is 327 g/mol. The Morgan fingerprint density at radius 3 is 2.48 bits per heavy atom. The van der Waals surface area contributed by atoms with E-state index in [0.717, 1.165) is 17.3 Å². The number of piperidine rings is 1. The highest BCUT2D eigenvalue weighted by Gasteiger charge is 2.34. The van der Waals surface area contributed by atoms with Crippen LogP contribution < -0.4 is 10.6 Å². The van der Waals surface area contributed by atoms with Crippen molar-refractivity contribution in [2.75, 3.05) is 33.2 Å². The number of carbonyl (C=O) groups is 1. The molecule has 1 aliphatic rings. The van der Waals surface area contributed by atoms with Gasteiger partial charge in [-0.25, -0.2) is 8.42 Å². The highest BCUT2D eigenvalue weighted by molar-refractivity contribution is 7.89. The summed E-state index contributed by atoms with van der Waals surface area (Å²) < 4.78 is 48.3. The average Bonchev–Trinajstić information content (AvgIpc) is 2.45. The SMILES string of the molecule is CNCCCC(=O)NCC1CCN(S(=O)(=O)C(F)F)CC1. The number of sulfonamides is 1. The van der Waals surface area contributed by atoms with Crippen molar-refractivity contribution in [3.63, 3.8) is 0 Å². The topological polar surface area (TPSA) is 78.5 Å². The number of halogens is 2. The van der Waals surface area contributed by atoms with E-state index in [1.165, 1.54) is 0 Å². The number of hydrogen-bond donors (Lipinski definition) is 2. The second-order valence-corrected chi connectivity index (χ2v) is 7.06. The fraction of sp³-hybridized carbons (Fsp3) is 0.917. The van der Waals surface area contributed by atoms with Crippen LogP contribution in [0.4, 0.5) is 8.78 Å². The van der Waals surface area contributed by atoms with Gasteiger partial charge < -0.3 is 10.6 Å². The lowest BCUT2D eigenvalue weighted by atomic mass is 9.98. The van der Waals surface area contributed by atoms with Crippen LogP contribution in [0.15, 0.2) is 0 Å². The van der Waals surface area contributed by atoms with Crippen LogP contribution in [0.3, 0.4) is 0 Å². The van der Waals surface area contributed by atoms with E-state index in [9.17, 15) is 22.0 Å². The molecule has 1 rings (SSSR count). The van der Waals surface area contributed by atoms with Crippen molar-refractivity contribution >= 4 is 15.9 Å². The van der Waals surface area contributed by atoms with E-state index in [2.05, 4.69) is 10.6 Å². The molecule has 0 spiro atoms. The molecule has 2 N–H and O–H groups in total. The Labute approximate surface area is 124 Å². The van der Waals surface area contributed by atoms with E-state index in [-0.39, 0.29) is 24.9 Å². The van der Waals surface area contributed by atoms with Gasteiger partial charge in [0.2, 0.25) is 5.91 Å². The van der Waals surface area contributed by atoms with Crippen LogP contribution in [0.5, 0.6) is 0 Å². The van der Waals surface area contributed by atoms with Crippen LogP contribution in [0, 0.1) is 5.92 Å². The fourth-order valence-corrected chi connectivity index (χ4v) is 3.20. The molecule has 1 saturated heterocycles. The lowest BCUT2D eigenvalue weighted by molar-refractivity contribution is -0.121. The van der Waals surface area contributed by atoms with Crippen molar-refractivity contribution in [2.24, 2.45) is 5.92 Å². The Balaban J connectivity index is 2.26. The zero-order valence-electron chi connectivity index (χ0n) is 12.1. The predicted molar refractivity (Wildman–Crippen MR) is 75.4 cm³/mol. The summed E-state index contributed by atoms with van der Waals surface area (Å²) in [6, 6.07) is 0. The van der Waals surface area contributed by atoms with Crippen molar-refractivity contribution in [3.8, 4) is 0 Å². The zero-order valence-corrected chi connectivity index (χ0v) is 13.0. The van der Waals surface area contributed by atoms with Gasteiger partial charge in [-0.15, -0.1) is 0 Å². The summed E-state index contributed by atoms with van der Waals surface area (Å²) >= 11 is 0. The summed E-state index contributed by atoms with van der Waals surface area (Å²) in [5.41, 5.74) is 0. The Bertz CT molecular complexity index is 423. The summed E-state index contributed by atoms with van der Waals surface area (Å²) in [6.07, 6.45) is 2.18. The van der Waals surface area contributed by atoms with Crippen LogP contribution in [0.2, 0.25) is 0 Å². The first-order chi connectivity index (χ1) is 9.87. The third-order valence-electron chi connectivity index (χ3n) is 3.58. The number of carbonyl (C=O) groups excluding carboxylic acids is 1. The van der Waals surface area contributed by atoms with Gasteiger partial charge in [-0.3, -0.25) is 4.79 Å². The van der Waals surface area contributed by atoms with Crippen molar-refractivity contribution in [1.29, 1.82) is 0 Å². The molecule has 0 aromatic heterocycles. The zero-order chi connectivity index (χ0) is 15.9. The number of nitrogens with zero attached hydrogens (tertiary/aromatic N) is 1. The Hall–Kier alpha value is -0.800. The molecule has 1 amide bonds. The maximum absolute atomic E-state index is 12.4. The first-order valence-corrected chi connectivity index (χ1v) is 8.56. The Kier molecular flexibility index (Phi) is 7.47. The number of amides is 1. The summed E-state index contributed by atoms with van der Waals surface area (Å²) in [7, 11) is -2.65. The summed E-state index contributed by atoms with van der Waals surface area (Å²) in [5.74, 6) is -3.25. The highest BCUT2D eigenvalue weighted by Crippen LogP contribution is 2.22. The Morgan fingerprint density at radius 2 is 1.95 bits per heavy atom. The van der Waals surface area contributed by atoms with E-state index in [4.69, 9.17) is 0 Å². The minimum Gasteiger partial charge on any atom is -0.356 e. The first-order valence-electron chi connectivity index (χ1n) is 7.06. The maximum Gasteiger partial charge on any atom is 0.350 e. The molecular formula is C12H23F2N3O3S. The van der Waals surface area contributed by atoms with Gasteiger partial charge in [0.25, 0.3) is 10.0 Å². The smallest absolute Gasteiger partial charge is 0.350 e. The molecular weight excluding hydrogens is 304 g/mol. The van der Waals surface area contributed by atoms with Crippen molar-refractivity contribution in [1.82, 2.24) is 14.9 Å². The molecule has 0 saturated carbocycles. The second-order valence-electron chi connectivity index (χ2n) is 5.16. The van der Waals surface area contributed by atoms with Gasteiger partial charge in [0.1, 0.15) is 0 Å². The van der Waals surface area contributed by atoms with Gasteiger partial charge in [-0.1, -0.05) is 0 Å². The molecule has 6 nitrogen and oxygen atoms in total. The third-order valence-corrected chi connectivity index (χ3v) is 5.11. The molecule has 124 valence electrons. The maximum atomic E-state index is 12.4. The standard InChI is InChI=1S/C12H23F2N3O3S/c1-15-6-2-3-11(18)16-9-10-4-7-17(8-5-10)21(19,20)12(13)14/h10,12,15H,2-9H2,1H3,(H,16,18). The minimum absolute atomic E-state index is 0.0344. The second kappa shape index (κ2) is 8.60. The molecule has 21 heavy (non-hydrogen) atoms. The lowest BCUT2D eigenvalue weighted by Crippen LogP contribution is -2.43. The normalized spacial score (nSPS) is 18.1. The van der Waals surface area contributed by atoms with Crippen LogP contribution >= 0.6 is 0 Å². The molecule has 0 aliphatic carbocycles. The average molecular weight is 327 g/mol. The first kappa shape index (κ1) is 18.2. The van der Waals surface area contributed by atoms with Gasteiger partial charge in [-0.2, -0.15) is 13.1 Å². The summed E-state index contributed by atoms with van der Waals surface area (Å²) in [4.78, 5) is 11.5. The number of nitrogens with one attached hydrogen (secondary N) is 2. The number of rotatable bonds is 8. The predicted octanol–water partition coefficient (Wildman–Crippen LogP) is 0.367. The molecule has 0 radical (unpaired) electrons. The van der Waals surface area contributed by atoms with E-state index >= 15 is 0 Å². The highest BCUT2D eigenvalue weighted by atomic mass is 32.2. The van der Waals surface area contributed by atoms with Crippen LogP contribution in [-0.4, -0.2) is 57.6 Å². The Morgan fingerprint density at radius 1 is 1.33 bits per heavy atom. The van der Waals surface area contributed by atoms with Gasteiger partial charge in [0, 0.05) is 26.1 Å². The minimum atomic E-state index is -4.46. The quantitative estimate of drug-likeness (QED) is 0.631. The van der Waals surface area contributed by atoms with Crippen molar-refractivity contribution in [2.45, 2.75) is 31.4 Å². The largest absolute Gasteiger partial charge is 0.356 e. The third kappa shape index (κ3) is 5.84. The molecule has 1 aliphatic heterocycles. The van der Waals surface area contributed by atoms with Crippen molar-refractivity contribution in [3.05, 3.63) is 0 Å². The van der Waals surface area contributed by atoms with Gasteiger partial charge >= 0.3 is 5.76 Å². The molecule has 0 atom stereocenters. The van der Waals surface area contributed by atoms with E-state index in [1.54, 1.807) is 0 Å². The van der Waals surface area contributed by atoms with Gasteiger partial charge in [0.15, 0.2) is 0 Å². The number of alkyl halides is 2. The van der Waals surface area contributed by atoms with Gasteiger partial charge in [0.05, 0.1) is 0 Å². The molecule has 0 unspecified atom stereocenters. The molecule has 0 aromatic carbocycles. The van der Waals surface area contributed by atoms with E-state index in [0.29, 0.717) is 25.8 Å². The summed E-state index contributed by atoms with van der Waals surface area (Å²) in [5, 5.41) is 5.76. The van der Waals surface area contributed by atoms with Gasteiger partial charge in [-0.05, 0) is 38.8 Å². The molecule has 0 aromatic rings. The summed E-state index contributed by atoms with van der Waals surface area (Å²) in [6.45, 7) is 1.43. The number of hydrogen-bond acceptors (Lipinski definition) is 4. The van der Waals surface area contributed by atoms with E-state index in [1.807, 2.05) is 7.05 Å². The van der Waals surface area contributed by atoms with Crippen LogP contribution in [-0.2, 0) is 14.8 Å². The molecule has 1 fully saturated rings. The lowest BCUT2D eigenvalue weighted by Gasteiger charge is -2.30. The van der Waals surface area contributed by atoms with E-state index < -0.39 is 15.8 Å². The van der Waals surface area contributed by atoms with Crippen LogP contribution in [0.1, 0.15) is 25.7 Å². The van der Waals surface area contributed by atoms with Crippen molar-refractivity contribution < 1.29 is 22.0 Å². The molecule has 0 bridgehead atoms. The van der Waals surface area contributed by atoms with Crippen LogP contribution in [0.25, 0.3) is 0 Å². The fourth-order valence-electron chi connectivity index (χ4n) is 2.25. The molecule has 9 heteroatoms.